The van der Waals surface area contributed by atoms with E-state index in [9.17, 15) is 10.1 Å². The number of rotatable bonds is 3. The van der Waals surface area contributed by atoms with E-state index >= 15 is 0 Å². The highest BCUT2D eigenvalue weighted by Crippen LogP contribution is 2.33. The fourth-order valence-corrected chi connectivity index (χ4v) is 2.61. The van der Waals surface area contributed by atoms with Gasteiger partial charge >= 0.3 is 0 Å². The molecule has 6 heteroatoms. The van der Waals surface area contributed by atoms with Crippen molar-refractivity contribution in [3.05, 3.63) is 32.8 Å². The lowest BCUT2D eigenvalue weighted by atomic mass is 9.97. The normalized spacial score (nSPS) is 16.9. The van der Waals surface area contributed by atoms with Crippen molar-refractivity contribution < 1.29 is 10.0 Å². The molecular formula is C12H15BrN2O3. The van der Waals surface area contributed by atoms with Gasteiger partial charge in [0.2, 0.25) is 0 Å². The van der Waals surface area contributed by atoms with E-state index in [-0.39, 0.29) is 17.2 Å². The Hall–Kier alpha value is -1.14. The van der Waals surface area contributed by atoms with Crippen LogP contribution < -0.4 is 4.90 Å². The summed E-state index contributed by atoms with van der Waals surface area (Å²) in [7, 11) is 0. The first-order valence-electron chi connectivity index (χ1n) is 5.91. The number of benzene rings is 1. The monoisotopic (exact) mass is 314 g/mol. The van der Waals surface area contributed by atoms with Gasteiger partial charge in [0, 0.05) is 30.2 Å². The fraction of sp³-hybridized carbons (Fsp3) is 0.500. The smallest absolute Gasteiger partial charge is 0.292 e. The van der Waals surface area contributed by atoms with Gasteiger partial charge in [-0.25, -0.2) is 0 Å². The van der Waals surface area contributed by atoms with Crippen LogP contribution in [0.3, 0.4) is 0 Å². The van der Waals surface area contributed by atoms with Gasteiger partial charge in [-0.2, -0.15) is 0 Å². The highest BCUT2D eigenvalue weighted by Gasteiger charge is 2.24. The zero-order chi connectivity index (χ0) is 13.1. The number of halogens is 1. The summed E-state index contributed by atoms with van der Waals surface area (Å²) in [5.41, 5.74) is 0.798. The Bertz CT molecular complexity index is 445. The Morgan fingerprint density at radius 1 is 1.44 bits per heavy atom. The summed E-state index contributed by atoms with van der Waals surface area (Å²) in [4.78, 5) is 12.7. The van der Waals surface area contributed by atoms with Crippen LogP contribution in [-0.2, 0) is 0 Å². The van der Waals surface area contributed by atoms with Crippen LogP contribution in [0.4, 0.5) is 11.4 Å². The molecule has 1 fully saturated rings. The molecule has 0 bridgehead atoms. The Morgan fingerprint density at radius 3 is 2.67 bits per heavy atom. The number of anilines is 1. The lowest BCUT2D eigenvalue weighted by Crippen LogP contribution is -2.35. The molecule has 2 rings (SSSR count). The van der Waals surface area contributed by atoms with Gasteiger partial charge in [0.1, 0.15) is 5.69 Å². The van der Waals surface area contributed by atoms with Crippen molar-refractivity contribution in [1.29, 1.82) is 0 Å². The third-order valence-electron chi connectivity index (χ3n) is 3.35. The molecule has 1 aliphatic rings. The van der Waals surface area contributed by atoms with E-state index in [4.69, 9.17) is 5.11 Å². The first kappa shape index (κ1) is 13.3. The Kier molecular flexibility index (Phi) is 4.19. The molecule has 1 saturated heterocycles. The Balaban J connectivity index is 2.22. The Labute approximate surface area is 114 Å². The van der Waals surface area contributed by atoms with Crippen LogP contribution in [0, 0.1) is 16.0 Å². The third-order valence-corrected chi connectivity index (χ3v) is 3.84. The molecule has 0 spiro atoms. The van der Waals surface area contributed by atoms with Gasteiger partial charge in [0.15, 0.2) is 0 Å². The number of nitrogens with zero attached hydrogens (tertiary/aromatic N) is 2. The lowest BCUT2D eigenvalue weighted by Gasteiger charge is -2.32. The summed E-state index contributed by atoms with van der Waals surface area (Å²) >= 11 is 3.35. The minimum atomic E-state index is -0.347. The second-order valence-corrected chi connectivity index (χ2v) is 5.42. The first-order chi connectivity index (χ1) is 8.61. The Morgan fingerprint density at radius 2 is 2.11 bits per heavy atom. The summed E-state index contributed by atoms with van der Waals surface area (Å²) in [5, 5.41) is 20.1. The second kappa shape index (κ2) is 5.67. The molecule has 18 heavy (non-hydrogen) atoms. The largest absolute Gasteiger partial charge is 0.396 e. The maximum Gasteiger partial charge on any atom is 0.292 e. The molecular weight excluding hydrogens is 300 g/mol. The SMILES string of the molecule is O=[N+]([O-])c1ccc(Br)cc1N1CCC(CO)CC1. The zero-order valence-electron chi connectivity index (χ0n) is 9.88. The average molecular weight is 315 g/mol. The topological polar surface area (TPSA) is 66.6 Å². The second-order valence-electron chi connectivity index (χ2n) is 4.50. The number of hydrogen-bond donors (Lipinski definition) is 1. The third kappa shape index (κ3) is 2.81. The van der Waals surface area contributed by atoms with Gasteiger partial charge in [-0.15, -0.1) is 0 Å². The summed E-state index contributed by atoms with van der Waals surface area (Å²) in [6.45, 7) is 1.71. The number of nitro benzene ring substituents is 1. The predicted octanol–water partition coefficient (Wildman–Crippen LogP) is 2.57. The molecule has 0 aliphatic carbocycles. The molecule has 5 nitrogen and oxygen atoms in total. The van der Waals surface area contributed by atoms with E-state index in [1.165, 1.54) is 6.07 Å². The van der Waals surface area contributed by atoms with E-state index in [1.54, 1.807) is 12.1 Å². The van der Waals surface area contributed by atoms with E-state index < -0.39 is 0 Å². The average Bonchev–Trinajstić information content (AvgIpc) is 2.38. The van der Waals surface area contributed by atoms with Gasteiger partial charge in [0.25, 0.3) is 5.69 Å². The van der Waals surface area contributed by atoms with Gasteiger partial charge in [-0.05, 0) is 30.9 Å². The summed E-state index contributed by atoms with van der Waals surface area (Å²) < 4.78 is 0.840. The number of hydrogen-bond acceptors (Lipinski definition) is 4. The zero-order valence-corrected chi connectivity index (χ0v) is 11.5. The molecule has 0 saturated carbocycles. The van der Waals surface area contributed by atoms with E-state index in [1.807, 2.05) is 4.90 Å². The summed E-state index contributed by atoms with van der Waals surface area (Å²) in [6.07, 6.45) is 1.75. The van der Waals surface area contributed by atoms with Gasteiger partial charge in [-0.3, -0.25) is 10.1 Å². The maximum atomic E-state index is 11.0. The van der Waals surface area contributed by atoms with Gasteiger partial charge < -0.3 is 10.0 Å². The van der Waals surface area contributed by atoms with Crippen LogP contribution in [0.1, 0.15) is 12.8 Å². The van der Waals surface area contributed by atoms with Crippen molar-refractivity contribution in [3.8, 4) is 0 Å². The van der Waals surface area contributed by atoms with Crippen LogP contribution in [0.15, 0.2) is 22.7 Å². The van der Waals surface area contributed by atoms with E-state index in [2.05, 4.69) is 15.9 Å². The van der Waals surface area contributed by atoms with Crippen LogP contribution in [0.25, 0.3) is 0 Å². The molecule has 0 amide bonds. The standard InChI is InChI=1S/C12H15BrN2O3/c13-10-1-2-11(15(17)18)12(7-10)14-5-3-9(8-16)4-6-14/h1-2,7,9,16H,3-6,8H2. The molecule has 0 radical (unpaired) electrons. The molecule has 0 unspecified atom stereocenters. The van der Waals surface area contributed by atoms with Crippen LogP contribution in [-0.4, -0.2) is 29.7 Å². The van der Waals surface area contributed by atoms with Crippen molar-refractivity contribution in [3.63, 3.8) is 0 Å². The quantitative estimate of drug-likeness (QED) is 0.688. The van der Waals surface area contributed by atoms with Crippen molar-refractivity contribution >= 4 is 27.3 Å². The highest BCUT2D eigenvalue weighted by atomic mass is 79.9. The van der Waals surface area contributed by atoms with Crippen LogP contribution in [0.2, 0.25) is 0 Å². The van der Waals surface area contributed by atoms with Crippen LogP contribution in [0.5, 0.6) is 0 Å². The summed E-state index contributed by atoms with van der Waals surface area (Å²) in [5.74, 6) is 0.326. The number of nitro groups is 1. The van der Waals surface area contributed by atoms with Crippen molar-refractivity contribution in [1.82, 2.24) is 0 Å². The lowest BCUT2D eigenvalue weighted by molar-refractivity contribution is -0.384. The van der Waals surface area contributed by atoms with Crippen molar-refractivity contribution in [2.75, 3.05) is 24.6 Å². The molecule has 1 aliphatic heterocycles. The molecule has 0 aromatic heterocycles. The molecule has 1 N–H and O–H groups in total. The van der Waals surface area contributed by atoms with Gasteiger partial charge in [0.05, 0.1) is 4.92 Å². The molecule has 1 aromatic carbocycles. The van der Waals surface area contributed by atoms with E-state index in [0.29, 0.717) is 11.6 Å². The van der Waals surface area contributed by atoms with Crippen LogP contribution >= 0.6 is 15.9 Å². The number of aliphatic hydroxyl groups excluding tert-OH is 1. The van der Waals surface area contributed by atoms with Crippen molar-refractivity contribution in [2.45, 2.75) is 12.8 Å². The molecule has 98 valence electrons. The summed E-state index contributed by atoms with van der Waals surface area (Å²) in [6, 6.07) is 5.00. The van der Waals surface area contributed by atoms with Gasteiger partial charge in [-0.1, -0.05) is 15.9 Å². The first-order valence-corrected chi connectivity index (χ1v) is 6.71. The fourth-order valence-electron chi connectivity index (χ4n) is 2.26. The molecule has 1 aromatic rings. The minimum absolute atomic E-state index is 0.139. The minimum Gasteiger partial charge on any atom is -0.396 e. The highest BCUT2D eigenvalue weighted by molar-refractivity contribution is 9.10. The maximum absolute atomic E-state index is 11.0. The van der Waals surface area contributed by atoms with Crippen molar-refractivity contribution in [2.24, 2.45) is 5.92 Å². The molecule has 0 atom stereocenters. The predicted molar refractivity (Wildman–Crippen MR) is 72.8 cm³/mol. The number of aliphatic hydroxyl groups is 1. The molecule has 1 heterocycles. The van der Waals surface area contributed by atoms with E-state index in [0.717, 1.165) is 30.4 Å². The number of piperidine rings is 1.